The number of hydrogen-bond acceptors (Lipinski definition) is 4. The van der Waals surface area contributed by atoms with E-state index in [0.29, 0.717) is 18.4 Å². The van der Waals surface area contributed by atoms with Gasteiger partial charge in [-0.3, -0.25) is 0 Å². The van der Waals surface area contributed by atoms with Gasteiger partial charge in [0.25, 0.3) is 0 Å². The van der Waals surface area contributed by atoms with Crippen LogP contribution in [0.3, 0.4) is 0 Å². The fourth-order valence-corrected chi connectivity index (χ4v) is 3.21. The first-order chi connectivity index (χ1) is 12.8. The summed E-state index contributed by atoms with van der Waals surface area (Å²) in [6.07, 6.45) is 3.79. The molecule has 2 aromatic carbocycles. The maximum Gasteiger partial charge on any atom is 0.225 e. The van der Waals surface area contributed by atoms with Gasteiger partial charge in [-0.05, 0) is 17.2 Å². The number of benzene rings is 2. The van der Waals surface area contributed by atoms with Crippen molar-refractivity contribution in [1.82, 2.24) is 15.0 Å². The highest BCUT2D eigenvalue weighted by Crippen LogP contribution is 2.31. The van der Waals surface area contributed by atoms with Crippen LogP contribution in [-0.2, 0) is 0 Å². The lowest BCUT2D eigenvalue weighted by Gasteiger charge is -2.18. The molecule has 130 valence electrons. The van der Waals surface area contributed by atoms with Gasteiger partial charge in [-0.2, -0.15) is 4.98 Å². The summed E-state index contributed by atoms with van der Waals surface area (Å²) in [6, 6.07) is 20.6. The van der Waals surface area contributed by atoms with Gasteiger partial charge in [0.15, 0.2) is 0 Å². The lowest BCUT2D eigenvalue weighted by molar-refractivity contribution is 0.397. The molecule has 0 aliphatic rings. The maximum atomic E-state index is 5.18. The van der Waals surface area contributed by atoms with Gasteiger partial charge in [-0.25, -0.2) is 4.98 Å². The Hall–Kier alpha value is -3.34. The molecule has 4 rings (SSSR count). The van der Waals surface area contributed by atoms with Crippen molar-refractivity contribution in [1.29, 1.82) is 0 Å². The van der Waals surface area contributed by atoms with E-state index in [-0.39, 0.29) is 5.92 Å². The van der Waals surface area contributed by atoms with Crippen molar-refractivity contribution < 1.29 is 4.74 Å². The Balaban J connectivity index is 1.67. The van der Waals surface area contributed by atoms with E-state index in [4.69, 9.17) is 4.74 Å². The highest BCUT2D eigenvalue weighted by atomic mass is 16.5. The van der Waals surface area contributed by atoms with Crippen molar-refractivity contribution in [3.8, 4) is 5.88 Å². The van der Waals surface area contributed by atoms with Gasteiger partial charge in [-0.15, -0.1) is 0 Å². The number of fused-ring (bicyclic) bond motifs is 1. The molecule has 0 amide bonds. The molecular weight excluding hydrogens is 324 g/mol. The third kappa shape index (κ3) is 3.24. The largest absolute Gasteiger partial charge is 0.481 e. The first-order valence-corrected chi connectivity index (χ1v) is 8.57. The molecule has 5 heteroatoms. The monoisotopic (exact) mass is 344 g/mol. The average Bonchev–Trinajstić information content (AvgIpc) is 3.13. The molecule has 0 saturated heterocycles. The smallest absolute Gasteiger partial charge is 0.225 e. The predicted octanol–water partition coefficient (Wildman–Crippen LogP) is 4.21. The normalized spacial score (nSPS) is 12.0. The molecule has 5 nitrogen and oxygen atoms in total. The summed E-state index contributed by atoms with van der Waals surface area (Å²) in [7, 11) is 1.60. The maximum absolute atomic E-state index is 5.18. The summed E-state index contributed by atoms with van der Waals surface area (Å²) in [5, 5.41) is 4.59. The van der Waals surface area contributed by atoms with E-state index in [1.165, 1.54) is 16.5 Å². The molecule has 0 aliphatic carbocycles. The Labute approximate surface area is 152 Å². The van der Waals surface area contributed by atoms with Gasteiger partial charge < -0.3 is 15.0 Å². The zero-order valence-electron chi connectivity index (χ0n) is 14.5. The fourth-order valence-electron chi connectivity index (χ4n) is 3.21. The summed E-state index contributed by atoms with van der Waals surface area (Å²) < 4.78 is 5.18. The zero-order chi connectivity index (χ0) is 17.8. The van der Waals surface area contributed by atoms with Gasteiger partial charge in [0, 0.05) is 41.8 Å². The molecule has 0 fully saturated rings. The van der Waals surface area contributed by atoms with Crippen molar-refractivity contribution in [2.24, 2.45) is 0 Å². The highest BCUT2D eigenvalue weighted by Gasteiger charge is 2.18. The SMILES string of the molecule is COc1ccnc(NC[C@@H](c2ccccc2)c2c[nH]c3ccccc23)n1. The van der Waals surface area contributed by atoms with E-state index in [2.05, 4.69) is 68.9 Å². The number of nitrogens with one attached hydrogen (secondary N) is 2. The fraction of sp³-hybridized carbons (Fsp3) is 0.143. The zero-order valence-corrected chi connectivity index (χ0v) is 14.5. The number of aromatic nitrogens is 3. The molecule has 1 atom stereocenters. The minimum absolute atomic E-state index is 0.169. The van der Waals surface area contributed by atoms with Gasteiger partial charge >= 0.3 is 0 Å². The number of methoxy groups -OCH3 is 1. The number of hydrogen-bond donors (Lipinski definition) is 2. The van der Waals surface area contributed by atoms with Crippen molar-refractivity contribution in [2.75, 3.05) is 19.0 Å². The minimum atomic E-state index is 0.169. The van der Waals surface area contributed by atoms with Crippen LogP contribution in [-0.4, -0.2) is 28.6 Å². The molecule has 0 bridgehead atoms. The first-order valence-electron chi connectivity index (χ1n) is 8.57. The van der Waals surface area contributed by atoms with E-state index < -0.39 is 0 Å². The molecule has 0 saturated carbocycles. The van der Waals surface area contributed by atoms with Crippen LogP contribution < -0.4 is 10.1 Å². The molecule has 0 unspecified atom stereocenters. The Morgan fingerprint density at radius 2 is 1.85 bits per heavy atom. The quantitative estimate of drug-likeness (QED) is 0.550. The number of aromatic amines is 1. The van der Waals surface area contributed by atoms with Gasteiger partial charge in [0.1, 0.15) is 0 Å². The number of para-hydroxylation sites is 1. The lowest BCUT2D eigenvalue weighted by Crippen LogP contribution is -2.15. The number of nitrogens with zero attached hydrogens (tertiary/aromatic N) is 2. The predicted molar refractivity (Wildman–Crippen MR) is 104 cm³/mol. The average molecular weight is 344 g/mol. The molecule has 0 aliphatic heterocycles. The molecule has 2 aromatic heterocycles. The Bertz CT molecular complexity index is 997. The standard InChI is InChI=1S/C21H20N4O/c1-26-20-11-12-22-21(25-20)24-13-17(15-7-3-2-4-8-15)18-14-23-19-10-6-5-9-16(18)19/h2-12,14,17,23H,13H2,1H3,(H,22,24,25)/t17-/m0/s1. The summed E-state index contributed by atoms with van der Waals surface area (Å²) in [4.78, 5) is 12.0. The summed E-state index contributed by atoms with van der Waals surface area (Å²) in [5.74, 6) is 1.28. The van der Waals surface area contributed by atoms with Crippen molar-refractivity contribution in [2.45, 2.75) is 5.92 Å². The van der Waals surface area contributed by atoms with E-state index >= 15 is 0 Å². The molecule has 0 spiro atoms. The van der Waals surface area contributed by atoms with Gasteiger partial charge in [-0.1, -0.05) is 48.5 Å². The third-order valence-electron chi connectivity index (χ3n) is 4.50. The van der Waals surface area contributed by atoms with Gasteiger partial charge in [0.2, 0.25) is 11.8 Å². The third-order valence-corrected chi connectivity index (χ3v) is 4.50. The molecular formula is C21H20N4O. The molecule has 2 heterocycles. The lowest BCUT2D eigenvalue weighted by atomic mass is 9.91. The summed E-state index contributed by atoms with van der Waals surface area (Å²) in [6.45, 7) is 0.680. The second-order valence-electron chi connectivity index (χ2n) is 6.06. The Morgan fingerprint density at radius 3 is 2.69 bits per heavy atom. The van der Waals surface area contributed by atoms with E-state index in [9.17, 15) is 0 Å². The van der Waals surface area contributed by atoms with Crippen LogP contribution >= 0.6 is 0 Å². The van der Waals surface area contributed by atoms with Crippen molar-refractivity contribution in [3.05, 3.63) is 84.2 Å². The van der Waals surface area contributed by atoms with Crippen LogP contribution in [0.2, 0.25) is 0 Å². The Morgan fingerprint density at radius 1 is 1.04 bits per heavy atom. The van der Waals surface area contributed by atoms with Crippen LogP contribution in [0, 0.1) is 0 Å². The minimum Gasteiger partial charge on any atom is -0.481 e. The topological polar surface area (TPSA) is 62.8 Å². The van der Waals surface area contributed by atoms with Crippen molar-refractivity contribution >= 4 is 16.9 Å². The molecule has 4 aromatic rings. The molecule has 0 radical (unpaired) electrons. The van der Waals surface area contributed by atoms with E-state index in [0.717, 1.165) is 5.52 Å². The molecule has 2 N–H and O–H groups in total. The second kappa shape index (κ2) is 7.27. The van der Waals surface area contributed by atoms with Crippen molar-refractivity contribution in [3.63, 3.8) is 0 Å². The summed E-state index contributed by atoms with van der Waals surface area (Å²) in [5.41, 5.74) is 3.64. The first kappa shape index (κ1) is 16.1. The summed E-state index contributed by atoms with van der Waals surface area (Å²) >= 11 is 0. The van der Waals surface area contributed by atoms with Crippen LogP contribution in [0.4, 0.5) is 5.95 Å². The van der Waals surface area contributed by atoms with Crippen LogP contribution in [0.5, 0.6) is 5.88 Å². The Kier molecular flexibility index (Phi) is 4.51. The van der Waals surface area contributed by atoms with E-state index in [1.54, 1.807) is 19.4 Å². The van der Waals surface area contributed by atoms with Crippen LogP contribution in [0.1, 0.15) is 17.0 Å². The second-order valence-corrected chi connectivity index (χ2v) is 6.06. The van der Waals surface area contributed by atoms with Gasteiger partial charge in [0.05, 0.1) is 7.11 Å². The van der Waals surface area contributed by atoms with E-state index in [1.807, 2.05) is 12.1 Å². The van der Waals surface area contributed by atoms with Crippen LogP contribution in [0.15, 0.2) is 73.1 Å². The van der Waals surface area contributed by atoms with Crippen LogP contribution in [0.25, 0.3) is 10.9 Å². The number of rotatable bonds is 6. The number of H-pyrrole nitrogens is 1. The number of anilines is 1. The highest BCUT2D eigenvalue weighted by molar-refractivity contribution is 5.84. The number of ether oxygens (including phenoxy) is 1. The molecule has 26 heavy (non-hydrogen) atoms.